The molecule has 1 fully saturated rings. The van der Waals surface area contributed by atoms with Crippen molar-refractivity contribution in [3.8, 4) is 11.3 Å². The second-order valence-electron chi connectivity index (χ2n) is 8.46. The summed E-state index contributed by atoms with van der Waals surface area (Å²) >= 11 is 0. The predicted octanol–water partition coefficient (Wildman–Crippen LogP) is 6.07. The number of nitrogens with zero attached hydrogens (tertiary/aromatic N) is 1. The van der Waals surface area contributed by atoms with E-state index in [0.717, 1.165) is 28.3 Å². The van der Waals surface area contributed by atoms with Gasteiger partial charge in [0.25, 0.3) is 0 Å². The van der Waals surface area contributed by atoms with Crippen LogP contribution in [0.1, 0.15) is 24.3 Å². The molecule has 0 atom stereocenters. The maximum Gasteiger partial charge on any atom is 0.144 e. The SMILES string of the molecule is C[Si](C)(C)c1ccc(-c2cc(C3CC3)ccn2)c2oc3ccccc3c12. The molecule has 0 N–H and O–H groups in total. The maximum atomic E-state index is 6.37. The Morgan fingerprint density at radius 3 is 2.58 bits per heavy atom. The first-order chi connectivity index (χ1) is 12.5. The number of fused-ring (bicyclic) bond motifs is 3. The number of hydrogen-bond donors (Lipinski definition) is 0. The van der Waals surface area contributed by atoms with Gasteiger partial charge < -0.3 is 4.42 Å². The van der Waals surface area contributed by atoms with Gasteiger partial charge in [-0.15, -0.1) is 0 Å². The Labute approximate surface area is 154 Å². The molecule has 26 heavy (non-hydrogen) atoms. The first kappa shape index (κ1) is 15.8. The van der Waals surface area contributed by atoms with Crippen molar-refractivity contribution in [3.05, 3.63) is 60.3 Å². The summed E-state index contributed by atoms with van der Waals surface area (Å²) in [4.78, 5) is 4.68. The zero-order valence-corrected chi connectivity index (χ0v) is 16.5. The van der Waals surface area contributed by atoms with Crippen molar-refractivity contribution in [1.82, 2.24) is 4.98 Å². The fourth-order valence-corrected chi connectivity index (χ4v) is 5.50. The van der Waals surface area contributed by atoms with Crippen LogP contribution in [0, 0.1) is 0 Å². The minimum Gasteiger partial charge on any atom is -0.455 e. The second kappa shape index (κ2) is 5.55. The number of aromatic nitrogens is 1. The zero-order valence-electron chi connectivity index (χ0n) is 15.5. The number of para-hydroxylation sites is 1. The summed E-state index contributed by atoms with van der Waals surface area (Å²) in [5, 5.41) is 3.97. The summed E-state index contributed by atoms with van der Waals surface area (Å²) in [7, 11) is -1.50. The van der Waals surface area contributed by atoms with E-state index in [1.165, 1.54) is 34.4 Å². The van der Waals surface area contributed by atoms with Gasteiger partial charge in [0, 0.05) is 22.5 Å². The molecule has 0 bridgehead atoms. The van der Waals surface area contributed by atoms with E-state index >= 15 is 0 Å². The topological polar surface area (TPSA) is 26.0 Å². The van der Waals surface area contributed by atoms with E-state index in [1.54, 1.807) is 0 Å². The molecular weight excluding hydrogens is 334 g/mol. The molecular formula is C23H23NOSi. The summed E-state index contributed by atoms with van der Waals surface area (Å²) < 4.78 is 6.37. The van der Waals surface area contributed by atoms with E-state index < -0.39 is 8.07 Å². The summed E-state index contributed by atoms with van der Waals surface area (Å²) in [6, 6.07) is 17.4. The maximum absolute atomic E-state index is 6.37. The third kappa shape index (κ3) is 2.50. The summed E-state index contributed by atoms with van der Waals surface area (Å²) in [5.41, 5.74) is 5.51. The van der Waals surface area contributed by atoms with Gasteiger partial charge in [0.05, 0.1) is 13.8 Å². The number of rotatable bonds is 3. The summed E-state index contributed by atoms with van der Waals surface area (Å²) in [5.74, 6) is 0.726. The van der Waals surface area contributed by atoms with Crippen molar-refractivity contribution in [2.45, 2.75) is 38.4 Å². The lowest BCUT2D eigenvalue weighted by atomic mass is 10.0. The minimum atomic E-state index is -1.50. The molecule has 2 aromatic heterocycles. The Balaban J connectivity index is 1.83. The van der Waals surface area contributed by atoms with Crippen LogP contribution in [0.3, 0.4) is 0 Å². The highest BCUT2D eigenvalue weighted by Crippen LogP contribution is 2.41. The zero-order chi connectivity index (χ0) is 17.9. The first-order valence-electron chi connectivity index (χ1n) is 9.43. The second-order valence-corrected chi connectivity index (χ2v) is 13.5. The Bertz CT molecular complexity index is 1130. The molecule has 2 aromatic carbocycles. The number of furan rings is 1. The fraction of sp³-hybridized carbons (Fsp3) is 0.261. The Kier molecular flexibility index (Phi) is 3.38. The molecule has 0 saturated heterocycles. The standard InChI is InChI=1S/C23H23NOSi/c1-26(2,3)21-11-10-17(19-14-16(12-13-24-19)15-8-9-15)23-22(21)18-6-4-5-7-20(18)25-23/h4-7,10-15H,8-9H2,1-3H3. The molecule has 2 nitrogen and oxygen atoms in total. The van der Waals surface area contributed by atoms with E-state index in [4.69, 9.17) is 4.42 Å². The van der Waals surface area contributed by atoms with E-state index in [2.05, 4.69) is 67.1 Å². The minimum absolute atomic E-state index is 0.726. The lowest BCUT2D eigenvalue weighted by Crippen LogP contribution is -2.37. The highest BCUT2D eigenvalue weighted by atomic mass is 28.3. The van der Waals surface area contributed by atoms with Gasteiger partial charge in [-0.1, -0.05) is 43.9 Å². The van der Waals surface area contributed by atoms with Gasteiger partial charge in [-0.2, -0.15) is 0 Å². The van der Waals surface area contributed by atoms with Crippen LogP contribution in [0.15, 0.2) is 59.1 Å². The molecule has 0 radical (unpaired) electrons. The number of hydrogen-bond acceptors (Lipinski definition) is 2. The van der Waals surface area contributed by atoms with Crippen LogP contribution < -0.4 is 5.19 Å². The fourth-order valence-electron chi connectivity index (χ4n) is 3.92. The van der Waals surface area contributed by atoms with Gasteiger partial charge in [-0.05, 0) is 53.8 Å². The van der Waals surface area contributed by atoms with Crippen molar-refractivity contribution < 1.29 is 4.42 Å². The lowest BCUT2D eigenvalue weighted by molar-refractivity contribution is 0.670. The summed E-state index contributed by atoms with van der Waals surface area (Å²) in [6.07, 6.45) is 4.56. The molecule has 0 spiro atoms. The molecule has 5 rings (SSSR count). The monoisotopic (exact) mass is 357 g/mol. The molecule has 2 heterocycles. The quantitative estimate of drug-likeness (QED) is 0.416. The van der Waals surface area contributed by atoms with E-state index in [1.807, 2.05) is 12.3 Å². The summed E-state index contributed by atoms with van der Waals surface area (Å²) in [6.45, 7) is 7.19. The Morgan fingerprint density at radius 1 is 1.00 bits per heavy atom. The molecule has 1 saturated carbocycles. The lowest BCUT2D eigenvalue weighted by Gasteiger charge is -2.19. The molecule has 4 aromatic rings. The van der Waals surface area contributed by atoms with Crippen molar-refractivity contribution in [2.75, 3.05) is 0 Å². The molecule has 0 unspecified atom stereocenters. The van der Waals surface area contributed by atoms with Gasteiger partial charge in [0.15, 0.2) is 0 Å². The number of pyridine rings is 1. The van der Waals surface area contributed by atoms with Crippen LogP contribution in [0.25, 0.3) is 33.2 Å². The van der Waals surface area contributed by atoms with Gasteiger partial charge in [0.1, 0.15) is 11.2 Å². The highest BCUT2D eigenvalue weighted by molar-refractivity contribution is 6.90. The van der Waals surface area contributed by atoms with E-state index in [-0.39, 0.29) is 0 Å². The van der Waals surface area contributed by atoms with Crippen LogP contribution in [-0.4, -0.2) is 13.1 Å². The van der Waals surface area contributed by atoms with Crippen LogP contribution in [-0.2, 0) is 0 Å². The Morgan fingerprint density at radius 2 is 1.81 bits per heavy atom. The van der Waals surface area contributed by atoms with Crippen molar-refractivity contribution in [1.29, 1.82) is 0 Å². The van der Waals surface area contributed by atoms with Crippen molar-refractivity contribution >= 4 is 35.2 Å². The molecule has 0 amide bonds. The Hall–Kier alpha value is -2.39. The average molecular weight is 358 g/mol. The van der Waals surface area contributed by atoms with Crippen molar-refractivity contribution in [3.63, 3.8) is 0 Å². The molecule has 0 aliphatic heterocycles. The van der Waals surface area contributed by atoms with Crippen LogP contribution >= 0.6 is 0 Å². The molecule has 3 heteroatoms. The van der Waals surface area contributed by atoms with Gasteiger partial charge in [-0.25, -0.2) is 0 Å². The average Bonchev–Trinajstić information content (AvgIpc) is 3.41. The smallest absolute Gasteiger partial charge is 0.144 e. The number of benzene rings is 2. The van der Waals surface area contributed by atoms with Gasteiger partial charge in [0.2, 0.25) is 0 Å². The van der Waals surface area contributed by atoms with Crippen LogP contribution in [0.5, 0.6) is 0 Å². The molecule has 130 valence electrons. The van der Waals surface area contributed by atoms with E-state index in [0.29, 0.717) is 0 Å². The predicted molar refractivity (Wildman–Crippen MR) is 112 cm³/mol. The molecule has 1 aliphatic rings. The van der Waals surface area contributed by atoms with Crippen molar-refractivity contribution in [2.24, 2.45) is 0 Å². The van der Waals surface area contributed by atoms with Crippen LogP contribution in [0.2, 0.25) is 19.6 Å². The highest BCUT2D eigenvalue weighted by Gasteiger charge is 2.26. The first-order valence-corrected chi connectivity index (χ1v) is 12.9. The molecule has 1 aliphatic carbocycles. The third-order valence-electron chi connectivity index (χ3n) is 5.44. The van der Waals surface area contributed by atoms with Gasteiger partial charge in [-0.3, -0.25) is 4.98 Å². The van der Waals surface area contributed by atoms with Gasteiger partial charge >= 0.3 is 0 Å². The largest absolute Gasteiger partial charge is 0.455 e. The van der Waals surface area contributed by atoms with E-state index in [9.17, 15) is 0 Å². The third-order valence-corrected chi connectivity index (χ3v) is 7.48. The van der Waals surface area contributed by atoms with Crippen LogP contribution in [0.4, 0.5) is 0 Å². The normalized spacial score (nSPS) is 15.0.